The molecule has 0 bridgehead atoms. The first-order valence-corrected chi connectivity index (χ1v) is 10.1. The number of halogens is 1. The van der Waals surface area contributed by atoms with Crippen LogP contribution in [0.15, 0.2) is 47.3 Å². The minimum absolute atomic E-state index is 0.0191. The number of aromatic nitrogens is 2. The van der Waals surface area contributed by atoms with Crippen LogP contribution in [-0.2, 0) is 22.4 Å². The van der Waals surface area contributed by atoms with E-state index in [2.05, 4.69) is 11.8 Å². The molecule has 0 aliphatic carbocycles. The molecule has 3 heterocycles. The average Bonchev–Trinajstić information content (AvgIpc) is 3.11. The van der Waals surface area contributed by atoms with E-state index >= 15 is 0 Å². The second kappa shape index (κ2) is 7.31. The van der Waals surface area contributed by atoms with Gasteiger partial charge in [0.15, 0.2) is 5.79 Å². The van der Waals surface area contributed by atoms with Crippen LogP contribution < -0.4 is 5.56 Å². The maximum atomic E-state index is 13.0. The summed E-state index contributed by atoms with van der Waals surface area (Å²) in [6.07, 6.45) is 2.01. The largest absolute Gasteiger partial charge is 0.347 e. The highest BCUT2D eigenvalue weighted by atomic mass is 35.5. The molecule has 2 aromatic carbocycles. The molecule has 1 spiro atoms. The van der Waals surface area contributed by atoms with Crippen LogP contribution in [0.2, 0.25) is 5.02 Å². The molecule has 146 valence electrons. The van der Waals surface area contributed by atoms with Crippen molar-refractivity contribution in [2.45, 2.75) is 31.6 Å². The first-order chi connectivity index (χ1) is 14.1. The van der Waals surface area contributed by atoms with E-state index in [4.69, 9.17) is 26.1 Å². The fourth-order valence-corrected chi connectivity index (χ4v) is 4.16. The SMILES string of the molecule is O=c1c2ccc(C#Cc3cccc(Cl)c3)cc2nc2n1CCC1(CC2)OCCO1. The van der Waals surface area contributed by atoms with Crippen molar-refractivity contribution < 1.29 is 9.47 Å². The quantitative estimate of drug-likeness (QED) is 0.536. The smallest absolute Gasteiger partial charge is 0.261 e. The normalized spacial score (nSPS) is 17.6. The number of hydrogen-bond donors (Lipinski definition) is 0. The number of nitrogens with zero attached hydrogens (tertiary/aromatic N) is 2. The van der Waals surface area contributed by atoms with Crippen molar-refractivity contribution in [1.82, 2.24) is 9.55 Å². The molecule has 1 aromatic heterocycles. The summed E-state index contributed by atoms with van der Waals surface area (Å²) in [5.74, 6) is 6.45. The van der Waals surface area contributed by atoms with Gasteiger partial charge in [-0.25, -0.2) is 4.98 Å². The second-order valence-electron chi connectivity index (χ2n) is 7.33. The van der Waals surface area contributed by atoms with Crippen LogP contribution in [0.4, 0.5) is 0 Å². The van der Waals surface area contributed by atoms with E-state index in [9.17, 15) is 4.79 Å². The van der Waals surface area contributed by atoms with Gasteiger partial charge in [-0.15, -0.1) is 0 Å². The minimum atomic E-state index is -0.570. The van der Waals surface area contributed by atoms with E-state index in [1.165, 1.54) is 0 Å². The number of hydrogen-bond acceptors (Lipinski definition) is 4. The van der Waals surface area contributed by atoms with Gasteiger partial charge in [0.2, 0.25) is 0 Å². The van der Waals surface area contributed by atoms with E-state index in [1.54, 1.807) is 4.57 Å². The third kappa shape index (κ3) is 3.56. The summed E-state index contributed by atoms with van der Waals surface area (Å²) < 4.78 is 13.4. The van der Waals surface area contributed by atoms with E-state index < -0.39 is 5.79 Å². The van der Waals surface area contributed by atoms with E-state index in [0.717, 1.165) is 17.0 Å². The highest BCUT2D eigenvalue weighted by Gasteiger charge is 2.38. The van der Waals surface area contributed by atoms with Crippen molar-refractivity contribution in [3.8, 4) is 11.8 Å². The molecule has 5 rings (SSSR count). The van der Waals surface area contributed by atoms with Gasteiger partial charge in [0.25, 0.3) is 5.56 Å². The van der Waals surface area contributed by atoms with Crippen molar-refractivity contribution in [1.29, 1.82) is 0 Å². The monoisotopic (exact) mass is 406 g/mol. The zero-order valence-corrected chi connectivity index (χ0v) is 16.5. The maximum Gasteiger partial charge on any atom is 0.261 e. The number of fused-ring (bicyclic) bond motifs is 2. The van der Waals surface area contributed by atoms with Gasteiger partial charge >= 0.3 is 0 Å². The van der Waals surface area contributed by atoms with Gasteiger partial charge in [-0.3, -0.25) is 9.36 Å². The van der Waals surface area contributed by atoms with Crippen LogP contribution in [0.5, 0.6) is 0 Å². The summed E-state index contributed by atoms with van der Waals surface area (Å²) in [7, 11) is 0. The minimum Gasteiger partial charge on any atom is -0.347 e. The lowest BCUT2D eigenvalue weighted by Gasteiger charge is -2.24. The molecule has 5 nitrogen and oxygen atoms in total. The first kappa shape index (κ1) is 18.4. The van der Waals surface area contributed by atoms with Crippen molar-refractivity contribution >= 4 is 22.5 Å². The molecule has 2 aliphatic heterocycles. The van der Waals surface area contributed by atoms with Crippen LogP contribution >= 0.6 is 11.6 Å². The summed E-state index contributed by atoms with van der Waals surface area (Å²) in [6.45, 7) is 1.76. The van der Waals surface area contributed by atoms with E-state index in [1.807, 2.05) is 42.5 Å². The van der Waals surface area contributed by atoms with Crippen LogP contribution in [-0.4, -0.2) is 28.6 Å². The fraction of sp³-hybridized carbons (Fsp3) is 0.304. The number of aryl methyl sites for hydroxylation is 1. The highest BCUT2D eigenvalue weighted by molar-refractivity contribution is 6.30. The Labute approximate surface area is 173 Å². The molecule has 0 amide bonds. The molecule has 3 aromatic rings. The molecule has 1 saturated heterocycles. The Morgan fingerprint density at radius 3 is 2.62 bits per heavy atom. The Hall–Kier alpha value is -2.65. The summed E-state index contributed by atoms with van der Waals surface area (Å²) in [5, 5.41) is 1.26. The van der Waals surface area contributed by atoms with Gasteiger partial charge in [-0.05, 0) is 36.4 Å². The molecular weight excluding hydrogens is 388 g/mol. The second-order valence-corrected chi connectivity index (χ2v) is 7.77. The van der Waals surface area contributed by atoms with Crippen molar-refractivity contribution in [2.24, 2.45) is 0 Å². The molecule has 0 radical (unpaired) electrons. The number of rotatable bonds is 0. The molecule has 0 N–H and O–H groups in total. The van der Waals surface area contributed by atoms with Crippen LogP contribution in [0.3, 0.4) is 0 Å². The van der Waals surface area contributed by atoms with E-state index in [-0.39, 0.29) is 5.56 Å². The summed E-state index contributed by atoms with van der Waals surface area (Å²) in [6, 6.07) is 13.0. The summed E-state index contributed by atoms with van der Waals surface area (Å²) in [4.78, 5) is 17.8. The summed E-state index contributed by atoms with van der Waals surface area (Å²) in [5.41, 5.74) is 2.30. The third-order valence-electron chi connectivity index (χ3n) is 5.47. The topological polar surface area (TPSA) is 53.4 Å². The van der Waals surface area contributed by atoms with Gasteiger partial charge in [0, 0.05) is 42.0 Å². The molecule has 29 heavy (non-hydrogen) atoms. The van der Waals surface area contributed by atoms with Crippen molar-refractivity contribution in [2.75, 3.05) is 13.2 Å². The molecular formula is C23H19ClN2O3. The predicted molar refractivity (Wildman–Crippen MR) is 111 cm³/mol. The van der Waals surface area contributed by atoms with Gasteiger partial charge in [-0.1, -0.05) is 29.5 Å². The third-order valence-corrected chi connectivity index (χ3v) is 5.70. The lowest BCUT2D eigenvalue weighted by molar-refractivity contribution is -0.165. The molecule has 1 fully saturated rings. The van der Waals surface area contributed by atoms with Crippen LogP contribution in [0.25, 0.3) is 10.9 Å². The Bertz CT molecular complexity index is 1220. The van der Waals surface area contributed by atoms with Gasteiger partial charge in [0.1, 0.15) is 5.82 Å². The molecule has 2 aliphatic rings. The maximum absolute atomic E-state index is 13.0. The first-order valence-electron chi connectivity index (χ1n) is 9.71. The number of benzene rings is 2. The van der Waals surface area contributed by atoms with E-state index in [0.29, 0.717) is 54.9 Å². The lowest BCUT2D eigenvalue weighted by Crippen LogP contribution is -2.31. The van der Waals surface area contributed by atoms with Crippen molar-refractivity contribution in [3.05, 3.63) is 74.8 Å². The standard InChI is InChI=1S/C23H19ClN2O3/c24-18-3-1-2-16(14-18)4-5-17-6-7-19-20(15-17)25-21-8-9-23(28-12-13-29-23)10-11-26(21)22(19)27/h1-3,6-7,14-15H,8-13H2. The average molecular weight is 407 g/mol. The Morgan fingerprint density at radius 1 is 1.03 bits per heavy atom. The Kier molecular flexibility index (Phi) is 4.63. The van der Waals surface area contributed by atoms with Crippen LogP contribution in [0.1, 0.15) is 29.8 Å². The van der Waals surface area contributed by atoms with Crippen LogP contribution in [0, 0.1) is 11.8 Å². The molecule has 6 heteroatoms. The van der Waals surface area contributed by atoms with Gasteiger partial charge in [0.05, 0.1) is 24.1 Å². The summed E-state index contributed by atoms with van der Waals surface area (Å²) >= 11 is 6.02. The Balaban J connectivity index is 1.51. The molecule has 0 unspecified atom stereocenters. The molecule has 0 atom stereocenters. The highest BCUT2D eigenvalue weighted by Crippen LogP contribution is 2.31. The lowest BCUT2D eigenvalue weighted by atomic mass is 10.1. The number of ether oxygens (including phenoxy) is 2. The Morgan fingerprint density at radius 2 is 1.83 bits per heavy atom. The molecule has 0 saturated carbocycles. The van der Waals surface area contributed by atoms with Gasteiger partial charge < -0.3 is 9.47 Å². The predicted octanol–water partition coefficient (Wildman–Crippen LogP) is 3.53. The van der Waals surface area contributed by atoms with Crippen molar-refractivity contribution in [3.63, 3.8) is 0 Å². The zero-order chi connectivity index (χ0) is 19.8. The fourth-order valence-electron chi connectivity index (χ4n) is 3.97. The van der Waals surface area contributed by atoms with Gasteiger partial charge in [-0.2, -0.15) is 0 Å². The zero-order valence-electron chi connectivity index (χ0n) is 15.8.